The van der Waals surface area contributed by atoms with E-state index in [9.17, 15) is 13.2 Å². The Morgan fingerprint density at radius 1 is 1.25 bits per heavy atom. The summed E-state index contributed by atoms with van der Waals surface area (Å²) in [5.41, 5.74) is 0. The lowest BCUT2D eigenvalue weighted by Crippen LogP contribution is -2.48. The summed E-state index contributed by atoms with van der Waals surface area (Å²) in [5.74, 6) is 0.109. The van der Waals surface area contributed by atoms with Crippen LogP contribution in [0.15, 0.2) is 0 Å². The van der Waals surface area contributed by atoms with Gasteiger partial charge in [-0.3, -0.25) is 4.79 Å². The van der Waals surface area contributed by atoms with Crippen molar-refractivity contribution in [1.82, 2.24) is 9.21 Å². The van der Waals surface area contributed by atoms with E-state index in [0.29, 0.717) is 19.5 Å². The fourth-order valence-electron chi connectivity index (χ4n) is 3.46. The first-order valence-electron chi connectivity index (χ1n) is 7.43. The Hall–Kier alpha value is -0.660. The van der Waals surface area contributed by atoms with E-state index in [2.05, 4.69) is 0 Å². The quantitative estimate of drug-likeness (QED) is 0.739. The zero-order valence-corrected chi connectivity index (χ0v) is 12.6. The van der Waals surface area contributed by atoms with E-state index in [1.165, 1.54) is 4.31 Å². The van der Waals surface area contributed by atoms with Crippen LogP contribution in [0.5, 0.6) is 0 Å². The molecule has 0 N–H and O–H groups in total. The van der Waals surface area contributed by atoms with Crippen molar-refractivity contribution in [2.24, 2.45) is 5.92 Å². The van der Waals surface area contributed by atoms with Crippen molar-refractivity contribution < 1.29 is 17.9 Å². The van der Waals surface area contributed by atoms with Gasteiger partial charge in [0.05, 0.1) is 23.9 Å². The lowest BCUT2D eigenvalue weighted by molar-refractivity contribution is -0.136. The van der Waals surface area contributed by atoms with Gasteiger partial charge in [0.1, 0.15) is 0 Å². The number of carbonyl (C=O) groups excluding carboxylic acids is 1. The number of morpholine rings is 1. The summed E-state index contributed by atoms with van der Waals surface area (Å²) in [6.45, 7) is 4.06. The molecule has 20 heavy (non-hydrogen) atoms. The first-order chi connectivity index (χ1) is 9.51. The second kappa shape index (κ2) is 5.27. The molecule has 2 bridgehead atoms. The molecule has 3 aliphatic heterocycles. The molecule has 3 rings (SSSR count). The summed E-state index contributed by atoms with van der Waals surface area (Å²) in [6.07, 6.45) is 2.43. The van der Waals surface area contributed by atoms with Crippen LogP contribution in [-0.2, 0) is 19.6 Å². The second-order valence-corrected chi connectivity index (χ2v) is 8.15. The van der Waals surface area contributed by atoms with Crippen LogP contribution in [0.4, 0.5) is 0 Å². The van der Waals surface area contributed by atoms with Crippen LogP contribution in [-0.4, -0.2) is 67.7 Å². The Morgan fingerprint density at radius 2 is 1.95 bits per heavy atom. The van der Waals surface area contributed by atoms with Crippen molar-refractivity contribution in [3.05, 3.63) is 0 Å². The van der Waals surface area contributed by atoms with E-state index < -0.39 is 10.0 Å². The number of hydrogen-bond donors (Lipinski definition) is 0. The molecule has 0 unspecified atom stereocenters. The fourth-order valence-corrected chi connectivity index (χ4v) is 4.60. The van der Waals surface area contributed by atoms with Crippen molar-refractivity contribution >= 4 is 15.9 Å². The highest BCUT2D eigenvalue weighted by Gasteiger charge is 2.48. The molecule has 3 aliphatic rings. The summed E-state index contributed by atoms with van der Waals surface area (Å²) < 4.78 is 31.3. The SMILES string of the molecule is CCS(=O)(=O)N1C[C@H]2C[C@@H](C(=O)N3CCCC3)[C@@H](C1)O2. The van der Waals surface area contributed by atoms with E-state index >= 15 is 0 Å². The summed E-state index contributed by atoms with van der Waals surface area (Å²) in [6, 6.07) is 0. The van der Waals surface area contributed by atoms with Crippen LogP contribution in [0.3, 0.4) is 0 Å². The number of sulfonamides is 1. The second-order valence-electron chi connectivity index (χ2n) is 5.89. The molecular formula is C13H22N2O4S. The Bertz CT molecular complexity index is 487. The smallest absolute Gasteiger partial charge is 0.228 e. The van der Waals surface area contributed by atoms with Gasteiger partial charge in [0.25, 0.3) is 0 Å². The van der Waals surface area contributed by atoms with E-state index in [-0.39, 0.29) is 29.8 Å². The third-order valence-electron chi connectivity index (χ3n) is 4.62. The topological polar surface area (TPSA) is 66.9 Å². The van der Waals surface area contributed by atoms with Crippen LogP contribution < -0.4 is 0 Å². The number of carbonyl (C=O) groups is 1. The Labute approximate surface area is 120 Å². The van der Waals surface area contributed by atoms with Gasteiger partial charge in [0.2, 0.25) is 15.9 Å². The van der Waals surface area contributed by atoms with Gasteiger partial charge in [-0.1, -0.05) is 0 Å². The van der Waals surface area contributed by atoms with Gasteiger partial charge in [-0.25, -0.2) is 8.42 Å². The zero-order chi connectivity index (χ0) is 14.3. The van der Waals surface area contributed by atoms with E-state index in [0.717, 1.165) is 25.9 Å². The van der Waals surface area contributed by atoms with E-state index in [1.807, 2.05) is 4.90 Å². The van der Waals surface area contributed by atoms with Crippen LogP contribution in [0, 0.1) is 5.92 Å². The van der Waals surface area contributed by atoms with Crippen molar-refractivity contribution in [3.8, 4) is 0 Å². The Balaban J connectivity index is 1.71. The minimum atomic E-state index is -3.19. The molecule has 6 nitrogen and oxygen atoms in total. The van der Waals surface area contributed by atoms with Gasteiger partial charge in [0, 0.05) is 26.2 Å². The number of fused-ring (bicyclic) bond motifs is 2. The average molecular weight is 302 g/mol. The molecule has 0 saturated carbocycles. The molecule has 3 saturated heterocycles. The minimum Gasteiger partial charge on any atom is -0.371 e. The molecule has 0 aromatic carbocycles. The molecule has 7 heteroatoms. The van der Waals surface area contributed by atoms with Gasteiger partial charge >= 0.3 is 0 Å². The maximum absolute atomic E-state index is 12.5. The molecule has 3 atom stereocenters. The molecule has 0 spiro atoms. The molecule has 0 radical (unpaired) electrons. The van der Waals surface area contributed by atoms with Gasteiger partial charge < -0.3 is 9.64 Å². The third kappa shape index (κ3) is 2.46. The number of amides is 1. The van der Waals surface area contributed by atoms with E-state index in [1.54, 1.807) is 6.92 Å². The predicted molar refractivity (Wildman–Crippen MR) is 73.6 cm³/mol. The molecular weight excluding hydrogens is 280 g/mol. The van der Waals surface area contributed by atoms with Crippen molar-refractivity contribution in [1.29, 1.82) is 0 Å². The highest BCUT2D eigenvalue weighted by molar-refractivity contribution is 7.89. The number of hydrogen-bond acceptors (Lipinski definition) is 4. The minimum absolute atomic E-state index is 0.108. The molecule has 3 heterocycles. The van der Waals surface area contributed by atoms with Crippen LogP contribution in [0.25, 0.3) is 0 Å². The Kier molecular flexibility index (Phi) is 3.77. The van der Waals surface area contributed by atoms with Crippen LogP contribution in [0.1, 0.15) is 26.2 Å². The average Bonchev–Trinajstić information content (AvgIpc) is 3.06. The number of ether oxygens (including phenoxy) is 1. The highest BCUT2D eigenvalue weighted by atomic mass is 32.2. The van der Waals surface area contributed by atoms with Gasteiger partial charge in [-0.05, 0) is 26.2 Å². The monoisotopic (exact) mass is 302 g/mol. The maximum atomic E-state index is 12.5. The molecule has 114 valence electrons. The Morgan fingerprint density at radius 3 is 2.60 bits per heavy atom. The first kappa shape index (κ1) is 14.3. The van der Waals surface area contributed by atoms with Crippen LogP contribution >= 0.6 is 0 Å². The van der Waals surface area contributed by atoms with Crippen LogP contribution in [0.2, 0.25) is 0 Å². The lowest BCUT2D eigenvalue weighted by Gasteiger charge is -2.32. The standard InChI is InChI=1S/C13H22N2O4S/c1-2-20(17,18)15-8-10-7-11(12(9-15)19-10)13(16)14-5-3-4-6-14/h10-12H,2-9H2,1H3/t10-,11-,12-/m1/s1. The highest BCUT2D eigenvalue weighted by Crippen LogP contribution is 2.34. The summed E-state index contributed by atoms with van der Waals surface area (Å²) >= 11 is 0. The largest absolute Gasteiger partial charge is 0.371 e. The van der Waals surface area contributed by atoms with Gasteiger partial charge in [-0.15, -0.1) is 0 Å². The van der Waals surface area contributed by atoms with Gasteiger partial charge in [0.15, 0.2) is 0 Å². The number of rotatable bonds is 3. The fraction of sp³-hybridized carbons (Fsp3) is 0.923. The summed E-state index contributed by atoms with van der Waals surface area (Å²) in [7, 11) is -3.19. The first-order valence-corrected chi connectivity index (χ1v) is 9.04. The van der Waals surface area contributed by atoms with E-state index in [4.69, 9.17) is 4.74 Å². The number of likely N-dealkylation sites (tertiary alicyclic amines) is 1. The van der Waals surface area contributed by atoms with Crippen molar-refractivity contribution in [2.75, 3.05) is 31.9 Å². The van der Waals surface area contributed by atoms with Gasteiger partial charge in [-0.2, -0.15) is 4.31 Å². The molecule has 0 aromatic rings. The lowest BCUT2D eigenvalue weighted by atomic mass is 9.99. The van der Waals surface area contributed by atoms with Crippen molar-refractivity contribution in [3.63, 3.8) is 0 Å². The molecule has 0 aliphatic carbocycles. The zero-order valence-electron chi connectivity index (χ0n) is 11.8. The van der Waals surface area contributed by atoms with Crippen molar-refractivity contribution in [2.45, 2.75) is 38.4 Å². The summed E-state index contributed by atoms with van der Waals surface area (Å²) in [4.78, 5) is 14.4. The summed E-state index contributed by atoms with van der Waals surface area (Å²) in [5, 5.41) is 0. The maximum Gasteiger partial charge on any atom is 0.228 e. The number of nitrogens with zero attached hydrogens (tertiary/aromatic N) is 2. The third-order valence-corrected chi connectivity index (χ3v) is 6.43. The molecule has 3 fully saturated rings. The molecule has 1 amide bonds. The molecule has 0 aromatic heterocycles. The normalized spacial score (nSPS) is 34.6. The predicted octanol–water partition coefficient (Wildman–Crippen LogP) is 0.0478.